The molecule has 4 rings (SSSR count). The van der Waals surface area contributed by atoms with E-state index in [0.717, 1.165) is 28.1 Å². The molecule has 29 heavy (non-hydrogen) atoms. The van der Waals surface area contributed by atoms with Crippen LogP contribution >= 0.6 is 11.3 Å². The molecule has 1 heterocycles. The van der Waals surface area contributed by atoms with E-state index in [1.54, 1.807) is 18.3 Å². The summed E-state index contributed by atoms with van der Waals surface area (Å²) in [5.74, 6) is 0.547. The lowest BCUT2D eigenvalue weighted by Gasteiger charge is -2.06. The first-order chi connectivity index (χ1) is 14.3. The van der Waals surface area contributed by atoms with Gasteiger partial charge >= 0.3 is 0 Å². The maximum Gasteiger partial charge on any atom is 0.203 e. The molecule has 0 aliphatic carbocycles. The molecule has 0 spiro atoms. The van der Waals surface area contributed by atoms with E-state index in [2.05, 4.69) is 15.5 Å². The Bertz CT molecular complexity index is 1080. The zero-order valence-electron chi connectivity index (χ0n) is 15.5. The van der Waals surface area contributed by atoms with Crippen molar-refractivity contribution in [2.24, 2.45) is 5.10 Å². The van der Waals surface area contributed by atoms with E-state index in [1.165, 1.54) is 23.5 Å². The van der Waals surface area contributed by atoms with Crippen LogP contribution in [0.1, 0.15) is 11.1 Å². The van der Waals surface area contributed by atoms with Crippen LogP contribution in [0.5, 0.6) is 5.75 Å². The third kappa shape index (κ3) is 5.27. The molecule has 0 saturated carbocycles. The first-order valence-corrected chi connectivity index (χ1v) is 9.91. The number of anilines is 1. The second kappa shape index (κ2) is 9.12. The molecule has 0 amide bonds. The highest BCUT2D eigenvalue weighted by Crippen LogP contribution is 2.25. The predicted octanol–water partition coefficient (Wildman–Crippen LogP) is 5.97. The van der Waals surface area contributed by atoms with Crippen molar-refractivity contribution in [1.29, 1.82) is 0 Å². The van der Waals surface area contributed by atoms with E-state index in [-0.39, 0.29) is 5.82 Å². The van der Waals surface area contributed by atoms with Crippen LogP contribution in [0.2, 0.25) is 0 Å². The minimum absolute atomic E-state index is 0.261. The molecule has 0 bridgehead atoms. The van der Waals surface area contributed by atoms with E-state index in [1.807, 2.05) is 60.0 Å². The van der Waals surface area contributed by atoms with Crippen LogP contribution in [-0.2, 0) is 6.61 Å². The van der Waals surface area contributed by atoms with Crippen LogP contribution in [0, 0.1) is 5.82 Å². The maximum atomic E-state index is 13.0. The first-order valence-electron chi connectivity index (χ1n) is 9.03. The van der Waals surface area contributed by atoms with Crippen LogP contribution in [0.4, 0.5) is 9.52 Å². The Kier molecular flexibility index (Phi) is 5.92. The fourth-order valence-corrected chi connectivity index (χ4v) is 3.30. The van der Waals surface area contributed by atoms with Gasteiger partial charge in [-0.1, -0.05) is 30.3 Å². The summed E-state index contributed by atoms with van der Waals surface area (Å²) in [5, 5.41) is 6.80. The van der Waals surface area contributed by atoms with Crippen molar-refractivity contribution in [2.75, 3.05) is 5.43 Å². The van der Waals surface area contributed by atoms with Crippen molar-refractivity contribution in [3.05, 3.63) is 101 Å². The quantitative estimate of drug-likeness (QED) is 0.305. The lowest BCUT2D eigenvalue weighted by Crippen LogP contribution is -1.95. The van der Waals surface area contributed by atoms with Gasteiger partial charge in [-0.25, -0.2) is 9.37 Å². The molecule has 144 valence electrons. The van der Waals surface area contributed by atoms with Crippen molar-refractivity contribution in [2.45, 2.75) is 6.61 Å². The zero-order chi connectivity index (χ0) is 19.9. The number of ether oxygens (including phenoxy) is 1. The number of nitrogens with zero attached hydrogens (tertiary/aromatic N) is 2. The van der Waals surface area contributed by atoms with E-state index < -0.39 is 0 Å². The molecule has 0 fully saturated rings. The summed E-state index contributed by atoms with van der Waals surface area (Å²) in [4.78, 5) is 4.46. The molecular formula is C23H18FN3OS. The molecule has 0 radical (unpaired) electrons. The van der Waals surface area contributed by atoms with Crippen LogP contribution in [0.25, 0.3) is 11.3 Å². The summed E-state index contributed by atoms with van der Waals surface area (Å²) in [6.45, 7) is 0.538. The van der Waals surface area contributed by atoms with E-state index in [0.29, 0.717) is 11.7 Å². The summed E-state index contributed by atoms with van der Waals surface area (Å²) in [6.07, 6.45) is 1.72. The Balaban J connectivity index is 1.31. The molecule has 4 aromatic rings. The number of aromatic nitrogens is 1. The average molecular weight is 403 g/mol. The van der Waals surface area contributed by atoms with Gasteiger partial charge in [0, 0.05) is 10.9 Å². The Morgan fingerprint density at radius 3 is 2.48 bits per heavy atom. The van der Waals surface area contributed by atoms with Crippen molar-refractivity contribution in [3.63, 3.8) is 0 Å². The fraction of sp³-hybridized carbons (Fsp3) is 0.0435. The molecule has 0 aliphatic heterocycles. The summed E-state index contributed by atoms with van der Waals surface area (Å²) in [6, 6.07) is 24.0. The molecule has 0 aliphatic rings. The number of hydrogen-bond donors (Lipinski definition) is 1. The van der Waals surface area contributed by atoms with Crippen LogP contribution < -0.4 is 10.2 Å². The molecule has 0 unspecified atom stereocenters. The van der Waals surface area contributed by atoms with Gasteiger partial charge in [0.25, 0.3) is 0 Å². The molecule has 0 saturated heterocycles. The Hall–Kier alpha value is -3.51. The largest absolute Gasteiger partial charge is 0.489 e. The average Bonchev–Trinajstić information content (AvgIpc) is 3.23. The third-order valence-corrected chi connectivity index (χ3v) is 4.89. The number of rotatable bonds is 7. The first kappa shape index (κ1) is 18.8. The molecule has 6 heteroatoms. The van der Waals surface area contributed by atoms with E-state index >= 15 is 0 Å². The number of nitrogens with one attached hydrogen (secondary N) is 1. The van der Waals surface area contributed by atoms with Gasteiger partial charge in [-0.15, -0.1) is 11.3 Å². The summed E-state index contributed by atoms with van der Waals surface area (Å²) in [5.41, 5.74) is 6.65. The Morgan fingerprint density at radius 1 is 0.966 bits per heavy atom. The van der Waals surface area contributed by atoms with E-state index in [4.69, 9.17) is 4.74 Å². The number of halogens is 1. The van der Waals surface area contributed by atoms with Gasteiger partial charge in [-0.2, -0.15) is 5.10 Å². The summed E-state index contributed by atoms with van der Waals surface area (Å²) >= 11 is 1.44. The van der Waals surface area contributed by atoms with Gasteiger partial charge in [0.15, 0.2) is 0 Å². The van der Waals surface area contributed by atoms with Crippen LogP contribution in [-0.4, -0.2) is 11.2 Å². The molecule has 1 aromatic heterocycles. The smallest absolute Gasteiger partial charge is 0.203 e. The standard InChI is InChI=1S/C23H18FN3OS/c24-20-10-8-19(9-11-20)22-16-29-23(26-22)27-25-14-17-6-12-21(13-7-17)28-15-18-4-2-1-3-5-18/h1-14,16H,15H2,(H,26,27)/b25-14+. The van der Waals surface area contributed by atoms with Crippen molar-refractivity contribution in [1.82, 2.24) is 4.98 Å². The highest BCUT2D eigenvalue weighted by atomic mass is 32.1. The van der Waals surface area contributed by atoms with E-state index in [9.17, 15) is 4.39 Å². The fourth-order valence-electron chi connectivity index (χ4n) is 2.63. The van der Waals surface area contributed by atoms with Gasteiger partial charge < -0.3 is 4.74 Å². The van der Waals surface area contributed by atoms with Gasteiger partial charge in [0.1, 0.15) is 18.2 Å². The SMILES string of the molecule is Fc1ccc(-c2csc(N/N=C/c3ccc(OCc4ccccc4)cc3)n2)cc1. The normalized spacial score (nSPS) is 10.9. The molecule has 3 aromatic carbocycles. The molecule has 1 N–H and O–H groups in total. The second-order valence-electron chi connectivity index (χ2n) is 6.26. The Labute approximate surface area is 172 Å². The lowest BCUT2D eigenvalue weighted by molar-refractivity contribution is 0.306. The highest BCUT2D eigenvalue weighted by molar-refractivity contribution is 7.14. The van der Waals surface area contributed by atoms with Crippen molar-refractivity contribution < 1.29 is 9.13 Å². The molecular weight excluding hydrogens is 385 g/mol. The van der Waals surface area contributed by atoms with Crippen LogP contribution in [0.15, 0.2) is 89.3 Å². The summed E-state index contributed by atoms with van der Waals surface area (Å²) in [7, 11) is 0. The monoisotopic (exact) mass is 403 g/mol. The minimum Gasteiger partial charge on any atom is -0.489 e. The van der Waals surface area contributed by atoms with Crippen molar-refractivity contribution in [3.8, 4) is 17.0 Å². The number of hydrazone groups is 1. The van der Waals surface area contributed by atoms with Gasteiger partial charge in [-0.3, -0.25) is 5.43 Å². The number of hydrogen-bond acceptors (Lipinski definition) is 5. The maximum absolute atomic E-state index is 13.0. The second-order valence-corrected chi connectivity index (χ2v) is 7.12. The van der Waals surface area contributed by atoms with Gasteiger partial charge in [0.05, 0.1) is 11.9 Å². The predicted molar refractivity (Wildman–Crippen MR) is 116 cm³/mol. The number of benzene rings is 3. The topological polar surface area (TPSA) is 46.5 Å². The zero-order valence-corrected chi connectivity index (χ0v) is 16.3. The Morgan fingerprint density at radius 2 is 1.72 bits per heavy atom. The number of thiazole rings is 1. The van der Waals surface area contributed by atoms with Gasteiger partial charge in [-0.05, 0) is 59.7 Å². The lowest BCUT2D eigenvalue weighted by atomic mass is 10.2. The highest BCUT2D eigenvalue weighted by Gasteiger charge is 2.04. The summed E-state index contributed by atoms with van der Waals surface area (Å²) < 4.78 is 18.8. The van der Waals surface area contributed by atoms with Crippen LogP contribution in [0.3, 0.4) is 0 Å². The minimum atomic E-state index is -0.261. The third-order valence-electron chi connectivity index (χ3n) is 4.15. The van der Waals surface area contributed by atoms with Crippen molar-refractivity contribution >= 4 is 22.7 Å². The van der Waals surface area contributed by atoms with Gasteiger partial charge in [0.2, 0.25) is 5.13 Å². The molecule has 0 atom stereocenters. The molecule has 4 nitrogen and oxygen atoms in total.